The number of hydrogen-bond donors (Lipinski definition) is 1. The zero-order valence-electron chi connectivity index (χ0n) is 9.30. The fourth-order valence-corrected chi connectivity index (χ4v) is 2.20. The summed E-state index contributed by atoms with van der Waals surface area (Å²) in [4.78, 5) is 10.5. The molecule has 3 unspecified atom stereocenters. The first-order chi connectivity index (χ1) is 7.20. The highest BCUT2D eigenvalue weighted by molar-refractivity contribution is 5.43. The molecule has 0 amide bonds. The molecule has 1 aliphatic rings. The molecule has 2 heterocycles. The van der Waals surface area contributed by atoms with Crippen molar-refractivity contribution in [1.29, 1.82) is 0 Å². The van der Waals surface area contributed by atoms with Crippen molar-refractivity contribution in [2.75, 3.05) is 11.4 Å². The van der Waals surface area contributed by atoms with Crippen LogP contribution in [0.1, 0.15) is 20.3 Å². The van der Waals surface area contributed by atoms with E-state index in [2.05, 4.69) is 28.7 Å². The van der Waals surface area contributed by atoms with E-state index in [0.717, 1.165) is 18.7 Å². The Balaban J connectivity index is 2.17. The van der Waals surface area contributed by atoms with Gasteiger partial charge in [0.05, 0.1) is 18.1 Å². The number of hydrogen-bond acceptors (Lipinski definition) is 4. The van der Waals surface area contributed by atoms with Crippen molar-refractivity contribution in [3.05, 3.63) is 18.7 Å². The molecule has 0 aliphatic carbocycles. The fourth-order valence-electron chi connectivity index (χ4n) is 2.20. The van der Waals surface area contributed by atoms with E-state index in [4.69, 9.17) is 5.73 Å². The Morgan fingerprint density at radius 1 is 1.33 bits per heavy atom. The number of nitrogens with zero attached hydrogens (tertiary/aromatic N) is 3. The maximum atomic E-state index is 6.05. The Labute approximate surface area is 90.5 Å². The third-order valence-corrected chi connectivity index (χ3v) is 3.51. The van der Waals surface area contributed by atoms with Gasteiger partial charge in [-0.05, 0) is 19.3 Å². The minimum absolute atomic E-state index is 0.320. The SMILES string of the molecule is CC1C(N)CCN(c2cncnc2)C1C. The first kappa shape index (κ1) is 10.4. The van der Waals surface area contributed by atoms with Crippen molar-refractivity contribution in [2.45, 2.75) is 32.4 Å². The summed E-state index contributed by atoms with van der Waals surface area (Å²) in [5, 5.41) is 0. The van der Waals surface area contributed by atoms with Gasteiger partial charge in [0.25, 0.3) is 0 Å². The maximum absolute atomic E-state index is 6.05. The van der Waals surface area contributed by atoms with Gasteiger partial charge in [-0.2, -0.15) is 0 Å². The molecule has 2 N–H and O–H groups in total. The van der Waals surface area contributed by atoms with E-state index in [1.807, 2.05) is 12.4 Å². The van der Waals surface area contributed by atoms with Crippen LogP contribution in [0.3, 0.4) is 0 Å². The number of anilines is 1. The van der Waals surface area contributed by atoms with E-state index in [9.17, 15) is 0 Å². The molecule has 1 aromatic heterocycles. The normalized spacial score (nSPS) is 31.7. The summed E-state index contributed by atoms with van der Waals surface area (Å²) < 4.78 is 0. The smallest absolute Gasteiger partial charge is 0.115 e. The zero-order chi connectivity index (χ0) is 10.8. The van der Waals surface area contributed by atoms with Crippen LogP contribution in [0.5, 0.6) is 0 Å². The Kier molecular flexibility index (Phi) is 2.86. The second-order valence-corrected chi connectivity index (χ2v) is 4.34. The lowest BCUT2D eigenvalue weighted by molar-refractivity contribution is 0.315. The Hall–Kier alpha value is -1.16. The predicted molar refractivity (Wildman–Crippen MR) is 60.6 cm³/mol. The second-order valence-electron chi connectivity index (χ2n) is 4.34. The van der Waals surface area contributed by atoms with Crippen LogP contribution in [0, 0.1) is 5.92 Å². The topological polar surface area (TPSA) is 55.0 Å². The number of piperidine rings is 1. The summed E-state index contributed by atoms with van der Waals surface area (Å²) in [6.07, 6.45) is 6.34. The van der Waals surface area contributed by atoms with Gasteiger partial charge in [-0.3, -0.25) is 0 Å². The highest BCUT2D eigenvalue weighted by Gasteiger charge is 2.30. The summed E-state index contributed by atoms with van der Waals surface area (Å²) in [7, 11) is 0. The lowest BCUT2D eigenvalue weighted by Gasteiger charge is -2.42. The van der Waals surface area contributed by atoms with Crippen molar-refractivity contribution >= 4 is 5.69 Å². The van der Waals surface area contributed by atoms with Crippen LogP contribution in [0.2, 0.25) is 0 Å². The molecule has 15 heavy (non-hydrogen) atoms. The first-order valence-electron chi connectivity index (χ1n) is 5.47. The summed E-state index contributed by atoms with van der Waals surface area (Å²) in [6, 6.07) is 0.778. The lowest BCUT2D eigenvalue weighted by atomic mass is 9.87. The van der Waals surface area contributed by atoms with Crippen molar-refractivity contribution < 1.29 is 0 Å². The molecule has 3 atom stereocenters. The summed E-state index contributed by atoms with van der Waals surface area (Å²) in [6.45, 7) is 5.43. The van der Waals surface area contributed by atoms with Crippen LogP contribution in [0.15, 0.2) is 18.7 Å². The van der Waals surface area contributed by atoms with Gasteiger partial charge < -0.3 is 10.6 Å². The van der Waals surface area contributed by atoms with Crippen LogP contribution in [0.25, 0.3) is 0 Å². The summed E-state index contributed by atoms with van der Waals surface area (Å²) in [5.74, 6) is 0.513. The average Bonchev–Trinajstić information content (AvgIpc) is 2.27. The second kappa shape index (κ2) is 4.14. The molecule has 4 heteroatoms. The Morgan fingerprint density at radius 2 is 2.00 bits per heavy atom. The molecule has 1 aliphatic heterocycles. The molecule has 1 fully saturated rings. The molecule has 0 bridgehead atoms. The van der Waals surface area contributed by atoms with Crippen LogP contribution in [-0.4, -0.2) is 28.6 Å². The fraction of sp³-hybridized carbons (Fsp3) is 0.636. The van der Waals surface area contributed by atoms with Gasteiger partial charge >= 0.3 is 0 Å². The van der Waals surface area contributed by atoms with Gasteiger partial charge in [-0.15, -0.1) is 0 Å². The van der Waals surface area contributed by atoms with E-state index >= 15 is 0 Å². The van der Waals surface area contributed by atoms with Crippen LogP contribution in [-0.2, 0) is 0 Å². The van der Waals surface area contributed by atoms with Gasteiger partial charge in [0, 0.05) is 18.6 Å². The highest BCUT2D eigenvalue weighted by atomic mass is 15.2. The molecule has 0 radical (unpaired) electrons. The van der Waals surface area contributed by atoms with Gasteiger partial charge in [-0.1, -0.05) is 6.92 Å². The van der Waals surface area contributed by atoms with E-state index in [-0.39, 0.29) is 0 Å². The van der Waals surface area contributed by atoms with Crippen LogP contribution < -0.4 is 10.6 Å². The van der Waals surface area contributed by atoms with Crippen LogP contribution in [0.4, 0.5) is 5.69 Å². The molecule has 0 aromatic carbocycles. The predicted octanol–water partition coefficient (Wildman–Crippen LogP) is 1.04. The van der Waals surface area contributed by atoms with Crippen molar-refractivity contribution in [2.24, 2.45) is 11.7 Å². The number of rotatable bonds is 1. The van der Waals surface area contributed by atoms with Crippen molar-refractivity contribution in [1.82, 2.24) is 9.97 Å². The van der Waals surface area contributed by atoms with Crippen molar-refractivity contribution in [3.63, 3.8) is 0 Å². The van der Waals surface area contributed by atoms with Crippen LogP contribution >= 0.6 is 0 Å². The standard InChI is InChI=1S/C11H18N4/c1-8-9(2)15(4-3-11(8)12)10-5-13-7-14-6-10/h5-9,11H,3-4,12H2,1-2H3. The quantitative estimate of drug-likeness (QED) is 0.746. The Morgan fingerprint density at radius 3 is 2.67 bits per heavy atom. The molecule has 0 spiro atoms. The highest BCUT2D eigenvalue weighted by Crippen LogP contribution is 2.26. The molecule has 1 aromatic rings. The number of nitrogens with two attached hydrogens (primary N) is 1. The zero-order valence-corrected chi connectivity index (χ0v) is 9.30. The molecular formula is C11H18N4. The molecule has 82 valence electrons. The first-order valence-corrected chi connectivity index (χ1v) is 5.47. The number of aromatic nitrogens is 2. The van der Waals surface area contributed by atoms with Gasteiger partial charge in [-0.25, -0.2) is 9.97 Å². The molecule has 0 saturated carbocycles. The minimum atomic E-state index is 0.320. The summed E-state index contributed by atoms with van der Waals surface area (Å²) >= 11 is 0. The molecular weight excluding hydrogens is 188 g/mol. The van der Waals surface area contributed by atoms with Crippen molar-refractivity contribution in [3.8, 4) is 0 Å². The van der Waals surface area contributed by atoms with E-state index in [0.29, 0.717) is 18.0 Å². The van der Waals surface area contributed by atoms with Gasteiger partial charge in [0.1, 0.15) is 6.33 Å². The third kappa shape index (κ3) is 1.95. The molecule has 1 saturated heterocycles. The minimum Gasteiger partial charge on any atom is -0.366 e. The maximum Gasteiger partial charge on any atom is 0.115 e. The van der Waals surface area contributed by atoms with Gasteiger partial charge in [0.2, 0.25) is 0 Å². The van der Waals surface area contributed by atoms with E-state index < -0.39 is 0 Å². The third-order valence-electron chi connectivity index (χ3n) is 3.51. The van der Waals surface area contributed by atoms with E-state index in [1.54, 1.807) is 6.33 Å². The van der Waals surface area contributed by atoms with E-state index in [1.165, 1.54) is 0 Å². The van der Waals surface area contributed by atoms with Gasteiger partial charge in [0.15, 0.2) is 0 Å². The summed E-state index contributed by atoms with van der Waals surface area (Å²) in [5.41, 5.74) is 7.15. The largest absolute Gasteiger partial charge is 0.366 e. The lowest BCUT2D eigenvalue weighted by Crippen LogP contribution is -2.51. The average molecular weight is 206 g/mol. The Bertz CT molecular complexity index is 314. The molecule has 2 rings (SSSR count). The monoisotopic (exact) mass is 206 g/mol. The molecule has 4 nitrogen and oxygen atoms in total.